The van der Waals surface area contributed by atoms with Crippen molar-refractivity contribution >= 4 is 27.3 Å². The van der Waals surface area contributed by atoms with Gasteiger partial charge in [-0.05, 0) is 40.0 Å². The summed E-state index contributed by atoms with van der Waals surface area (Å²) in [5.74, 6) is 0.895. The van der Waals surface area contributed by atoms with Gasteiger partial charge in [-0.25, -0.2) is 4.98 Å². The largest absolute Gasteiger partial charge is 0.486 e. The molecule has 1 atom stereocenters. The van der Waals surface area contributed by atoms with Crippen LogP contribution in [0.3, 0.4) is 0 Å². The van der Waals surface area contributed by atoms with Crippen molar-refractivity contribution in [2.24, 2.45) is 0 Å². The summed E-state index contributed by atoms with van der Waals surface area (Å²) in [7, 11) is 1.95. The van der Waals surface area contributed by atoms with Crippen LogP contribution in [0.2, 0.25) is 0 Å². The Morgan fingerprint density at radius 3 is 2.75 bits per heavy atom. The van der Waals surface area contributed by atoms with Crippen molar-refractivity contribution in [1.29, 1.82) is 0 Å². The second kappa shape index (κ2) is 6.70. The highest BCUT2D eigenvalue weighted by molar-refractivity contribution is 9.10. The SMILES string of the molecule is CNC(C)c1ccc(Br)cc1OCc1nc(C)c(C)s1. The fraction of sp³-hybridized carbons (Fsp3) is 0.400. The minimum Gasteiger partial charge on any atom is -0.486 e. The van der Waals surface area contributed by atoms with Gasteiger partial charge < -0.3 is 10.1 Å². The summed E-state index contributed by atoms with van der Waals surface area (Å²) in [4.78, 5) is 5.76. The Kier molecular flexibility index (Phi) is 5.18. The first kappa shape index (κ1) is 15.5. The predicted molar refractivity (Wildman–Crippen MR) is 87.5 cm³/mol. The van der Waals surface area contributed by atoms with Crippen LogP contribution >= 0.6 is 27.3 Å². The molecule has 5 heteroatoms. The summed E-state index contributed by atoms with van der Waals surface area (Å²) in [5, 5.41) is 4.26. The zero-order valence-electron chi connectivity index (χ0n) is 12.2. The molecular weight excluding hydrogens is 336 g/mol. The molecule has 2 rings (SSSR count). The molecule has 0 spiro atoms. The Morgan fingerprint density at radius 2 is 2.15 bits per heavy atom. The van der Waals surface area contributed by atoms with Gasteiger partial charge in [0.05, 0.1) is 5.69 Å². The van der Waals surface area contributed by atoms with Gasteiger partial charge in [0, 0.05) is 21.0 Å². The van der Waals surface area contributed by atoms with Crippen molar-refractivity contribution in [3.8, 4) is 5.75 Å². The number of rotatable bonds is 5. The third-order valence-electron chi connectivity index (χ3n) is 3.30. The highest BCUT2D eigenvalue weighted by Gasteiger charge is 2.12. The zero-order chi connectivity index (χ0) is 14.7. The third kappa shape index (κ3) is 3.59. The fourth-order valence-corrected chi connectivity index (χ4v) is 3.07. The van der Waals surface area contributed by atoms with Gasteiger partial charge in [0.15, 0.2) is 0 Å². The smallest absolute Gasteiger partial charge is 0.140 e. The maximum Gasteiger partial charge on any atom is 0.140 e. The number of hydrogen-bond acceptors (Lipinski definition) is 4. The predicted octanol–water partition coefficient (Wildman–Crippen LogP) is 4.38. The van der Waals surface area contributed by atoms with Crippen LogP contribution in [0, 0.1) is 13.8 Å². The van der Waals surface area contributed by atoms with Crippen LogP contribution in [0.4, 0.5) is 0 Å². The first-order valence-electron chi connectivity index (χ1n) is 6.53. The van der Waals surface area contributed by atoms with Gasteiger partial charge in [0.25, 0.3) is 0 Å². The molecule has 1 unspecified atom stereocenters. The Morgan fingerprint density at radius 1 is 1.40 bits per heavy atom. The highest BCUT2D eigenvalue weighted by atomic mass is 79.9. The Hall–Kier alpha value is -0.910. The number of nitrogens with one attached hydrogen (secondary N) is 1. The van der Waals surface area contributed by atoms with Crippen molar-refractivity contribution in [2.45, 2.75) is 33.4 Å². The Bertz CT molecular complexity index is 578. The van der Waals surface area contributed by atoms with Crippen molar-refractivity contribution < 1.29 is 4.74 Å². The van der Waals surface area contributed by atoms with Crippen LogP contribution in [0.15, 0.2) is 22.7 Å². The lowest BCUT2D eigenvalue weighted by atomic mass is 10.1. The molecule has 0 amide bonds. The van der Waals surface area contributed by atoms with Crippen LogP contribution < -0.4 is 10.1 Å². The first-order valence-corrected chi connectivity index (χ1v) is 8.14. The number of halogens is 1. The number of aromatic nitrogens is 1. The lowest BCUT2D eigenvalue weighted by Gasteiger charge is -2.16. The van der Waals surface area contributed by atoms with E-state index in [9.17, 15) is 0 Å². The van der Waals surface area contributed by atoms with E-state index in [-0.39, 0.29) is 6.04 Å². The molecule has 2 aromatic rings. The number of aryl methyl sites for hydroxylation is 2. The summed E-state index contributed by atoms with van der Waals surface area (Å²) in [6.07, 6.45) is 0. The normalized spacial score (nSPS) is 12.4. The van der Waals surface area contributed by atoms with Crippen LogP contribution in [0.1, 0.15) is 34.1 Å². The van der Waals surface area contributed by atoms with Gasteiger partial charge in [-0.15, -0.1) is 11.3 Å². The molecular formula is C15H19BrN2OS. The highest BCUT2D eigenvalue weighted by Crippen LogP contribution is 2.29. The molecule has 0 saturated carbocycles. The number of benzene rings is 1. The number of thiazole rings is 1. The van der Waals surface area contributed by atoms with Gasteiger partial charge in [-0.3, -0.25) is 0 Å². The van der Waals surface area contributed by atoms with E-state index in [1.165, 1.54) is 4.88 Å². The minimum atomic E-state index is 0.248. The van der Waals surface area contributed by atoms with Crippen LogP contribution in [-0.4, -0.2) is 12.0 Å². The molecule has 1 aromatic heterocycles. The maximum absolute atomic E-state index is 5.97. The van der Waals surface area contributed by atoms with Gasteiger partial charge in [0.1, 0.15) is 17.4 Å². The molecule has 3 nitrogen and oxygen atoms in total. The molecule has 1 aromatic carbocycles. The molecule has 1 heterocycles. The van der Waals surface area contributed by atoms with Crippen molar-refractivity contribution in [3.05, 3.63) is 43.8 Å². The van der Waals surface area contributed by atoms with E-state index < -0.39 is 0 Å². The molecule has 0 saturated heterocycles. The summed E-state index contributed by atoms with van der Waals surface area (Å²) in [6, 6.07) is 6.38. The summed E-state index contributed by atoms with van der Waals surface area (Å²) < 4.78 is 6.99. The second-order valence-electron chi connectivity index (χ2n) is 4.73. The lowest BCUT2D eigenvalue weighted by molar-refractivity contribution is 0.299. The van der Waals surface area contributed by atoms with E-state index in [1.54, 1.807) is 11.3 Å². The second-order valence-corrected chi connectivity index (χ2v) is 6.93. The molecule has 0 aliphatic carbocycles. The fourth-order valence-electron chi connectivity index (χ4n) is 1.89. The monoisotopic (exact) mass is 354 g/mol. The minimum absolute atomic E-state index is 0.248. The molecule has 0 aliphatic rings. The van der Waals surface area contributed by atoms with Crippen molar-refractivity contribution in [1.82, 2.24) is 10.3 Å². The van der Waals surface area contributed by atoms with Gasteiger partial charge in [0.2, 0.25) is 0 Å². The standard InChI is InChI=1S/C15H19BrN2OS/c1-9-11(3)20-15(18-9)8-19-14-7-12(16)5-6-13(14)10(2)17-4/h5-7,10,17H,8H2,1-4H3. The maximum atomic E-state index is 5.97. The number of nitrogens with zero attached hydrogens (tertiary/aromatic N) is 1. The summed E-state index contributed by atoms with van der Waals surface area (Å²) in [5.41, 5.74) is 2.24. The quantitative estimate of drug-likeness (QED) is 0.864. The van der Waals surface area contributed by atoms with Gasteiger partial charge >= 0.3 is 0 Å². The van der Waals surface area contributed by atoms with E-state index in [2.05, 4.69) is 46.1 Å². The molecule has 0 fully saturated rings. The van der Waals surface area contributed by atoms with Crippen LogP contribution in [0.25, 0.3) is 0 Å². The molecule has 0 radical (unpaired) electrons. The van der Waals surface area contributed by atoms with Crippen molar-refractivity contribution in [2.75, 3.05) is 7.05 Å². The Balaban J connectivity index is 2.17. The van der Waals surface area contributed by atoms with E-state index in [0.717, 1.165) is 26.5 Å². The third-order valence-corrected chi connectivity index (χ3v) is 4.84. The van der Waals surface area contributed by atoms with Crippen LogP contribution in [0.5, 0.6) is 5.75 Å². The summed E-state index contributed by atoms with van der Waals surface area (Å²) in [6.45, 7) is 6.75. The zero-order valence-corrected chi connectivity index (χ0v) is 14.6. The van der Waals surface area contributed by atoms with Crippen LogP contribution in [-0.2, 0) is 6.61 Å². The number of hydrogen-bond donors (Lipinski definition) is 1. The average Bonchev–Trinajstić information content (AvgIpc) is 2.75. The topological polar surface area (TPSA) is 34.1 Å². The molecule has 0 bridgehead atoms. The average molecular weight is 355 g/mol. The van der Waals surface area contributed by atoms with Gasteiger partial charge in [-0.2, -0.15) is 0 Å². The lowest BCUT2D eigenvalue weighted by Crippen LogP contribution is -2.13. The molecule has 20 heavy (non-hydrogen) atoms. The molecule has 0 aliphatic heterocycles. The first-order chi connectivity index (χ1) is 9.51. The molecule has 108 valence electrons. The molecule has 1 N–H and O–H groups in total. The van der Waals surface area contributed by atoms with Gasteiger partial charge in [-0.1, -0.05) is 22.0 Å². The Labute approximate surface area is 132 Å². The van der Waals surface area contributed by atoms with E-state index in [4.69, 9.17) is 4.74 Å². The van der Waals surface area contributed by atoms with E-state index in [1.807, 2.05) is 26.1 Å². The summed E-state index contributed by atoms with van der Waals surface area (Å²) >= 11 is 5.19. The van der Waals surface area contributed by atoms with E-state index in [0.29, 0.717) is 6.61 Å². The van der Waals surface area contributed by atoms with Crippen molar-refractivity contribution in [3.63, 3.8) is 0 Å². The van der Waals surface area contributed by atoms with E-state index >= 15 is 0 Å². The number of ether oxygens (including phenoxy) is 1.